The molecule has 1 fully saturated rings. The van der Waals surface area contributed by atoms with Gasteiger partial charge in [0.05, 0.1) is 23.9 Å². The van der Waals surface area contributed by atoms with Crippen LogP contribution in [0.1, 0.15) is 64.1 Å². The number of aryl methyl sites for hydroxylation is 2. The van der Waals surface area contributed by atoms with Gasteiger partial charge in [0.15, 0.2) is 5.82 Å². The Balaban J connectivity index is 0.000000178. The molecule has 3 aromatic heterocycles. The molecule has 2 aliphatic rings. The van der Waals surface area contributed by atoms with Crippen LogP contribution in [0.3, 0.4) is 0 Å². The van der Waals surface area contributed by atoms with Gasteiger partial charge in [0, 0.05) is 77.3 Å². The number of piperidine rings is 1. The molecule has 0 unspecified atom stereocenters. The Hall–Kier alpha value is -4.39. The SMILES string of the molecule is CC(=O)N1CCC(OCCNCc2cc(F)cc3c2ccn3Cc2ccc(Cl)cc2)CC1.Cc1sc2c(c1C)C(c1ccc(Cl)cc1)=NCc1nnc(C)n1-2. The van der Waals surface area contributed by atoms with Crippen molar-refractivity contribution >= 4 is 57.1 Å². The molecule has 286 valence electrons. The molecule has 9 nitrogen and oxygen atoms in total. The van der Waals surface area contributed by atoms with Crippen molar-refractivity contribution in [3.63, 3.8) is 0 Å². The predicted molar refractivity (Wildman–Crippen MR) is 220 cm³/mol. The van der Waals surface area contributed by atoms with Gasteiger partial charge < -0.3 is 19.5 Å². The summed E-state index contributed by atoms with van der Waals surface area (Å²) in [5, 5.41) is 15.5. The van der Waals surface area contributed by atoms with Crippen LogP contribution in [0, 0.1) is 26.6 Å². The van der Waals surface area contributed by atoms with Gasteiger partial charge in [-0.3, -0.25) is 14.4 Å². The van der Waals surface area contributed by atoms with Crippen molar-refractivity contribution in [2.75, 3.05) is 26.2 Å². The Morgan fingerprint density at radius 2 is 1.69 bits per heavy atom. The van der Waals surface area contributed by atoms with Gasteiger partial charge in [-0.15, -0.1) is 21.5 Å². The van der Waals surface area contributed by atoms with Crippen molar-refractivity contribution < 1.29 is 13.9 Å². The van der Waals surface area contributed by atoms with E-state index in [1.54, 1.807) is 30.4 Å². The molecule has 1 N–H and O–H groups in total. The fraction of sp³-hybridized carbons (Fsp3) is 0.333. The molecular weight excluding hydrogens is 756 g/mol. The molecule has 5 heterocycles. The number of ether oxygens (including phenoxy) is 1. The maximum atomic E-state index is 14.3. The number of halogens is 3. The van der Waals surface area contributed by atoms with Crippen LogP contribution < -0.4 is 5.32 Å². The lowest BCUT2D eigenvalue weighted by molar-refractivity contribution is -0.131. The number of hydrogen-bond acceptors (Lipinski definition) is 7. The maximum absolute atomic E-state index is 14.3. The number of nitrogens with one attached hydrogen (secondary N) is 1. The minimum absolute atomic E-state index is 0.133. The van der Waals surface area contributed by atoms with Crippen LogP contribution in [0.2, 0.25) is 10.0 Å². The summed E-state index contributed by atoms with van der Waals surface area (Å²) >= 11 is 13.8. The van der Waals surface area contributed by atoms with Gasteiger partial charge in [0.25, 0.3) is 0 Å². The smallest absolute Gasteiger partial charge is 0.219 e. The van der Waals surface area contributed by atoms with Gasteiger partial charge in [0.2, 0.25) is 5.91 Å². The van der Waals surface area contributed by atoms with E-state index in [-0.39, 0.29) is 17.8 Å². The molecule has 0 atom stereocenters. The number of fused-ring (bicyclic) bond motifs is 4. The number of aliphatic imine (C=N–C) groups is 1. The highest BCUT2D eigenvalue weighted by Gasteiger charge is 2.26. The number of carbonyl (C=O) groups is 1. The minimum Gasteiger partial charge on any atom is -0.377 e. The van der Waals surface area contributed by atoms with Gasteiger partial charge in [-0.2, -0.15) is 0 Å². The lowest BCUT2D eigenvalue weighted by Gasteiger charge is -2.31. The van der Waals surface area contributed by atoms with Crippen LogP contribution in [0.4, 0.5) is 4.39 Å². The van der Waals surface area contributed by atoms with Crippen molar-refractivity contribution in [3.8, 4) is 5.00 Å². The van der Waals surface area contributed by atoms with Crippen LogP contribution in [0.15, 0.2) is 77.9 Å². The molecule has 1 saturated heterocycles. The second kappa shape index (κ2) is 17.2. The van der Waals surface area contributed by atoms with Gasteiger partial charge in [0.1, 0.15) is 23.2 Å². The van der Waals surface area contributed by atoms with Crippen LogP contribution >= 0.6 is 34.5 Å². The van der Waals surface area contributed by atoms with Crippen molar-refractivity contribution in [2.24, 2.45) is 4.99 Å². The highest BCUT2D eigenvalue weighted by molar-refractivity contribution is 7.15. The molecule has 13 heteroatoms. The average molecular weight is 801 g/mol. The number of nitrogens with zero attached hydrogens (tertiary/aromatic N) is 6. The summed E-state index contributed by atoms with van der Waals surface area (Å²) in [6.45, 7) is 12.5. The van der Waals surface area contributed by atoms with E-state index in [4.69, 9.17) is 32.9 Å². The van der Waals surface area contributed by atoms with E-state index in [0.717, 1.165) is 80.9 Å². The molecule has 6 aromatic rings. The highest BCUT2D eigenvalue weighted by Crippen LogP contribution is 2.36. The fourth-order valence-corrected chi connectivity index (χ4v) is 8.63. The first-order valence-electron chi connectivity index (χ1n) is 18.5. The molecule has 0 aliphatic carbocycles. The number of hydrogen-bond donors (Lipinski definition) is 1. The Bertz CT molecular complexity index is 2320. The predicted octanol–water partition coefficient (Wildman–Crippen LogP) is 8.86. The summed E-state index contributed by atoms with van der Waals surface area (Å²) in [4.78, 5) is 19.4. The molecule has 0 spiro atoms. The number of aromatic nitrogens is 4. The van der Waals surface area contributed by atoms with E-state index >= 15 is 0 Å². The first-order chi connectivity index (χ1) is 26.5. The summed E-state index contributed by atoms with van der Waals surface area (Å²) in [6, 6.07) is 20.8. The standard InChI is InChI=1S/C25H29ClFN3O2.C17H15ClN4S/c1-18(31)29-10-6-23(7-11-29)32-13-9-28-16-20-14-22(27)15-25-24(20)8-12-30(25)17-19-2-4-21(26)5-3-19;1-9-10(2)23-17-15(9)16(12-4-6-13(18)7-5-12)19-8-14-21-20-11(3)22(14)17/h2-5,8,12,14-15,23,28H,6-7,9-11,13,16-17H2,1H3;4-7H,8H2,1-3H3. The second-order valence-electron chi connectivity index (χ2n) is 14.0. The van der Waals surface area contributed by atoms with E-state index in [0.29, 0.717) is 37.8 Å². The summed E-state index contributed by atoms with van der Waals surface area (Å²) in [6.07, 6.45) is 3.96. The lowest BCUT2D eigenvalue weighted by Crippen LogP contribution is -2.40. The van der Waals surface area contributed by atoms with Gasteiger partial charge >= 0.3 is 0 Å². The first-order valence-corrected chi connectivity index (χ1v) is 20.0. The van der Waals surface area contributed by atoms with Crippen molar-refractivity contribution in [1.82, 2.24) is 29.5 Å². The number of carbonyl (C=O) groups excluding carboxylic acids is 1. The molecule has 1 amide bonds. The maximum Gasteiger partial charge on any atom is 0.219 e. The number of amides is 1. The third kappa shape index (κ3) is 8.87. The third-order valence-electron chi connectivity index (χ3n) is 10.2. The quantitative estimate of drug-likeness (QED) is 0.148. The van der Waals surface area contributed by atoms with E-state index in [9.17, 15) is 9.18 Å². The van der Waals surface area contributed by atoms with Gasteiger partial charge in [-0.05, 0) is 92.8 Å². The number of rotatable bonds is 9. The van der Waals surface area contributed by atoms with Gasteiger partial charge in [-0.25, -0.2) is 4.39 Å². The van der Waals surface area contributed by atoms with Crippen LogP contribution in [-0.4, -0.2) is 68.2 Å². The summed E-state index contributed by atoms with van der Waals surface area (Å²) < 4.78 is 24.5. The van der Waals surface area contributed by atoms with E-state index < -0.39 is 0 Å². The Morgan fingerprint density at radius 3 is 2.40 bits per heavy atom. The molecule has 3 aromatic carbocycles. The zero-order valence-electron chi connectivity index (χ0n) is 31.4. The number of benzene rings is 3. The molecule has 0 saturated carbocycles. The molecule has 8 rings (SSSR count). The molecule has 0 bridgehead atoms. The van der Waals surface area contributed by atoms with Gasteiger partial charge in [-0.1, -0.05) is 47.5 Å². The van der Waals surface area contributed by atoms with E-state index in [1.807, 2.05) is 72.6 Å². The van der Waals surface area contributed by atoms with E-state index in [1.165, 1.54) is 16.0 Å². The van der Waals surface area contributed by atoms with Crippen molar-refractivity contribution in [2.45, 2.75) is 66.3 Å². The Kier molecular flexibility index (Phi) is 12.1. The topological polar surface area (TPSA) is 89.6 Å². The van der Waals surface area contributed by atoms with Crippen molar-refractivity contribution in [1.29, 1.82) is 0 Å². The summed E-state index contributed by atoms with van der Waals surface area (Å²) in [5.41, 5.74) is 7.45. The molecule has 0 radical (unpaired) electrons. The normalized spacial score (nSPS) is 14.2. The zero-order valence-corrected chi connectivity index (χ0v) is 33.7. The molecular formula is C42H44Cl2FN7O2S. The number of thiophene rings is 1. The van der Waals surface area contributed by atoms with Crippen molar-refractivity contribution in [3.05, 3.63) is 133 Å². The third-order valence-corrected chi connectivity index (χ3v) is 11.9. The van der Waals surface area contributed by atoms with Crippen LogP contribution in [-0.2, 0) is 29.2 Å². The average Bonchev–Trinajstić information content (AvgIpc) is 3.80. The highest BCUT2D eigenvalue weighted by atomic mass is 35.5. The second-order valence-corrected chi connectivity index (χ2v) is 16.0. The fourth-order valence-electron chi connectivity index (χ4n) is 7.15. The zero-order chi connectivity index (χ0) is 38.6. The summed E-state index contributed by atoms with van der Waals surface area (Å²) in [7, 11) is 0. The Morgan fingerprint density at radius 1 is 0.982 bits per heavy atom. The van der Waals surface area contributed by atoms with Crippen LogP contribution in [0.5, 0.6) is 0 Å². The lowest BCUT2D eigenvalue weighted by atomic mass is 10.00. The monoisotopic (exact) mass is 799 g/mol. The first kappa shape index (κ1) is 38.9. The minimum atomic E-state index is -0.237. The molecule has 2 aliphatic heterocycles. The Labute approximate surface area is 334 Å². The summed E-state index contributed by atoms with van der Waals surface area (Å²) in [5.74, 6) is 1.68. The largest absolute Gasteiger partial charge is 0.377 e. The number of likely N-dealkylation sites (tertiary alicyclic amines) is 1. The molecule has 55 heavy (non-hydrogen) atoms. The van der Waals surface area contributed by atoms with E-state index in [2.05, 4.69) is 38.5 Å². The van der Waals surface area contributed by atoms with Crippen LogP contribution in [0.25, 0.3) is 15.9 Å².